The maximum Gasteiger partial charge on any atom is 0.449 e. The van der Waals surface area contributed by atoms with Crippen LogP contribution in [0.3, 0.4) is 0 Å². The Hall–Kier alpha value is -0.820. The van der Waals surface area contributed by atoms with Gasteiger partial charge in [0.15, 0.2) is 6.10 Å². The number of hydrogen-bond acceptors (Lipinski definition) is 9. The van der Waals surface area contributed by atoms with Gasteiger partial charge < -0.3 is 29.7 Å². The molecule has 0 unspecified atom stereocenters. The first-order valence-electron chi connectivity index (χ1n) is 4.14. The number of aliphatic hydroxyl groups is 5. The molecule has 10 nitrogen and oxygen atoms in total. The minimum absolute atomic E-state index is 0.974. The van der Waals surface area contributed by atoms with E-state index in [0.717, 1.165) is 0 Å². The van der Waals surface area contributed by atoms with Crippen LogP contribution in [0.5, 0.6) is 0 Å². The largest absolute Gasteiger partial charge is 0.449 e. The average Bonchev–Trinajstić information content (AvgIpc) is 2.22. The van der Waals surface area contributed by atoms with Crippen molar-refractivity contribution >= 4 is 16.4 Å². The molecule has 0 spiro atoms. The fourth-order valence-corrected chi connectivity index (χ4v) is 1.12. The molecule has 0 aromatic carbocycles. The van der Waals surface area contributed by atoms with Crippen LogP contribution < -0.4 is 0 Å². The molecule has 0 amide bonds. The third kappa shape index (κ3) is 5.36. The highest BCUT2D eigenvalue weighted by atomic mass is 32.3. The van der Waals surface area contributed by atoms with Gasteiger partial charge in [-0.15, -0.1) is 0 Å². The van der Waals surface area contributed by atoms with E-state index in [-0.39, 0.29) is 0 Å². The minimum atomic E-state index is -5.17. The number of aliphatic hydroxyl groups excluding tert-OH is 5. The lowest BCUT2D eigenvalue weighted by molar-refractivity contribution is -0.161. The lowest BCUT2D eigenvalue weighted by Crippen LogP contribution is -2.49. The summed E-state index contributed by atoms with van der Waals surface area (Å²) >= 11 is 0. The second-order valence-electron chi connectivity index (χ2n) is 3.01. The van der Waals surface area contributed by atoms with Crippen molar-refractivity contribution < 1.29 is 47.5 Å². The van der Waals surface area contributed by atoms with Gasteiger partial charge in [0.05, 0.1) is 6.61 Å². The first-order valence-corrected chi connectivity index (χ1v) is 5.50. The van der Waals surface area contributed by atoms with Gasteiger partial charge in [-0.3, -0.25) is 4.55 Å². The molecule has 0 aromatic rings. The summed E-state index contributed by atoms with van der Waals surface area (Å²) in [6.45, 7) is -0.974. The van der Waals surface area contributed by atoms with Crippen molar-refractivity contribution in [2.45, 2.75) is 24.4 Å². The second-order valence-corrected chi connectivity index (χ2v) is 4.03. The van der Waals surface area contributed by atoms with Crippen molar-refractivity contribution in [3.8, 4) is 0 Å². The van der Waals surface area contributed by atoms with Crippen LogP contribution in [-0.2, 0) is 19.4 Å². The Balaban J connectivity index is 4.59. The summed E-state index contributed by atoms with van der Waals surface area (Å²) in [4.78, 5) is 10.8. The molecule has 0 heterocycles. The van der Waals surface area contributed by atoms with Crippen molar-refractivity contribution in [2.24, 2.45) is 0 Å². The molecule has 11 heteroatoms. The molecule has 0 fully saturated rings. The van der Waals surface area contributed by atoms with Crippen molar-refractivity contribution in [3.63, 3.8) is 0 Å². The summed E-state index contributed by atoms with van der Waals surface area (Å²) in [7, 11) is -5.17. The lowest BCUT2D eigenvalue weighted by atomic mass is 10.0. The number of carbonyl (C=O) groups excluding carboxylic acids is 1. The lowest BCUT2D eigenvalue weighted by Gasteiger charge is -2.23. The van der Waals surface area contributed by atoms with Crippen LogP contribution in [-0.4, -0.2) is 75.5 Å². The Morgan fingerprint density at radius 1 is 1.12 bits per heavy atom. The van der Waals surface area contributed by atoms with Gasteiger partial charge in [-0.05, 0) is 0 Å². The van der Waals surface area contributed by atoms with Gasteiger partial charge in [-0.2, -0.15) is 8.42 Å². The predicted octanol–water partition coefficient (Wildman–Crippen LogP) is -4.23. The quantitative estimate of drug-likeness (QED) is 0.260. The van der Waals surface area contributed by atoms with E-state index in [4.69, 9.17) is 30.1 Å². The monoisotopic (exact) mass is 276 g/mol. The summed E-state index contributed by atoms with van der Waals surface area (Å²) in [5.74, 6) is -1.95. The molecule has 102 valence electrons. The van der Waals surface area contributed by atoms with Crippen molar-refractivity contribution in [1.82, 2.24) is 0 Å². The average molecular weight is 276 g/mol. The first kappa shape index (κ1) is 16.2. The molecule has 0 saturated carbocycles. The molecule has 17 heavy (non-hydrogen) atoms. The molecule has 0 saturated heterocycles. The number of hydrogen-bond donors (Lipinski definition) is 6. The van der Waals surface area contributed by atoms with E-state index in [1.54, 1.807) is 0 Å². The van der Waals surface area contributed by atoms with Crippen LogP contribution in [0.25, 0.3) is 0 Å². The zero-order valence-electron chi connectivity index (χ0n) is 8.24. The summed E-state index contributed by atoms with van der Waals surface area (Å²) in [6, 6.07) is 0. The van der Waals surface area contributed by atoms with Crippen LogP contribution >= 0.6 is 0 Å². The summed E-state index contributed by atoms with van der Waals surface area (Å²) < 4.78 is 31.6. The second kappa shape index (κ2) is 6.20. The zero-order chi connectivity index (χ0) is 13.8. The van der Waals surface area contributed by atoms with Gasteiger partial charge in [-0.25, -0.2) is 4.79 Å². The zero-order valence-corrected chi connectivity index (χ0v) is 9.06. The van der Waals surface area contributed by atoms with Gasteiger partial charge in [0.2, 0.25) is 0 Å². The maximum absolute atomic E-state index is 10.8. The van der Waals surface area contributed by atoms with E-state index < -0.39 is 47.4 Å². The standard InChI is InChI=1S/C6H12O10S/c7-1-2(8)3(9)4(10)5(11)6(12)16-17(13,14)15/h2-5,7-11H,1H2,(H,13,14,15)/t2-,3+,4+,5-/m1/s1. The highest BCUT2D eigenvalue weighted by Crippen LogP contribution is 2.07. The highest BCUT2D eigenvalue weighted by molar-refractivity contribution is 7.81. The maximum atomic E-state index is 10.8. The van der Waals surface area contributed by atoms with E-state index in [9.17, 15) is 13.2 Å². The fourth-order valence-electron chi connectivity index (χ4n) is 0.815. The number of rotatable bonds is 6. The predicted molar refractivity (Wildman–Crippen MR) is 48.8 cm³/mol. The molecule has 0 aliphatic carbocycles. The van der Waals surface area contributed by atoms with Crippen LogP contribution in [0.2, 0.25) is 0 Å². The molecule has 0 aliphatic rings. The molecule has 0 aromatic heterocycles. The molecule has 4 atom stereocenters. The Morgan fingerprint density at radius 3 is 1.94 bits per heavy atom. The van der Waals surface area contributed by atoms with Gasteiger partial charge in [0, 0.05) is 0 Å². The van der Waals surface area contributed by atoms with Gasteiger partial charge in [0.25, 0.3) is 0 Å². The van der Waals surface area contributed by atoms with Crippen molar-refractivity contribution in [1.29, 1.82) is 0 Å². The van der Waals surface area contributed by atoms with Crippen molar-refractivity contribution in [3.05, 3.63) is 0 Å². The molecule has 0 radical (unpaired) electrons. The Bertz CT molecular complexity index is 350. The van der Waals surface area contributed by atoms with E-state index in [1.165, 1.54) is 0 Å². The van der Waals surface area contributed by atoms with E-state index >= 15 is 0 Å². The van der Waals surface area contributed by atoms with Gasteiger partial charge in [-0.1, -0.05) is 0 Å². The van der Waals surface area contributed by atoms with Crippen LogP contribution in [0.1, 0.15) is 0 Å². The molecule has 0 bridgehead atoms. The van der Waals surface area contributed by atoms with E-state index in [0.29, 0.717) is 0 Å². The molecular weight excluding hydrogens is 264 g/mol. The van der Waals surface area contributed by atoms with Gasteiger partial charge >= 0.3 is 16.4 Å². The Morgan fingerprint density at radius 2 is 1.59 bits per heavy atom. The Labute approximate surface area is 95.6 Å². The number of carbonyl (C=O) groups is 1. The highest BCUT2D eigenvalue weighted by Gasteiger charge is 2.36. The molecule has 6 N–H and O–H groups in total. The van der Waals surface area contributed by atoms with E-state index in [2.05, 4.69) is 4.18 Å². The van der Waals surface area contributed by atoms with Crippen LogP contribution in [0, 0.1) is 0 Å². The SMILES string of the molecule is O=C(OS(=O)(=O)O)[C@H](O)[C@@H](O)[C@@H](O)[C@H](O)CO. The normalized spacial score (nSPS) is 19.2. The smallest absolute Gasteiger partial charge is 0.394 e. The Kier molecular flexibility index (Phi) is 5.91. The molecular formula is C6H12O10S. The van der Waals surface area contributed by atoms with Crippen LogP contribution in [0.4, 0.5) is 0 Å². The molecule has 0 rings (SSSR count). The minimum Gasteiger partial charge on any atom is -0.394 e. The van der Waals surface area contributed by atoms with Gasteiger partial charge in [0.1, 0.15) is 18.3 Å². The summed E-state index contributed by atoms with van der Waals surface area (Å²) in [5, 5.41) is 44.5. The summed E-state index contributed by atoms with van der Waals surface area (Å²) in [5.41, 5.74) is 0. The van der Waals surface area contributed by atoms with Crippen molar-refractivity contribution in [2.75, 3.05) is 6.61 Å². The topological polar surface area (TPSA) is 182 Å². The van der Waals surface area contributed by atoms with Crippen LogP contribution in [0.15, 0.2) is 0 Å². The summed E-state index contributed by atoms with van der Waals surface area (Å²) in [6.07, 6.45) is -8.83. The van der Waals surface area contributed by atoms with E-state index in [1.807, 2.05) is 0 Å². The fraction of sp³-hybridized carbons (Fsp3) is 0.833. The third-order valence-electron chi connectivity index (χ3n) is 1.68. The molecule has 0 aliphatic heterocycles. The third-order valence-corrected chi connectivity index (χ3v) is 2.06. The first-order chi connectivity index (χ1) is 7.60.